The molecule has 10 rings (SSSR count). The Morgan fingerprint density at radius 3 is 2.02 bits per heavy atom. The first-order chi connectivity index (χ1) is 22.8. The molecule has 1 nitrogen and oxygen atoms in total. The lowest BCUT2D eigenvalue weighted by molar-refractivity contribution is 0.489. The molecule has 0 saturated heterocycles. The highest BCUT2D eigenvalue weighted by Crippen LogP contribution is 2.59. The maximum Gasteiger partial charge on any atom is 0.143 e. The number of para-hydroxylation sites is 1. The van der Waals surface area contributed by atoms with Crippen molar-refractivity contribution in [3.63, 3.8) is 0 Å². The van der Waals surface area contributed by atoms with Crippen LogP contribution in [0.15, 0.2) is 170 Å². The van der Waals surface area contributed by atoms with Gasteiger partial charge in [-0.25, -0.2) is 0 Å². The molecule has 8 aromatic rings. The average molecular weight is 585 g/mol. The molecule has 1 unspecified atom stereocenters. The van der Waals surface area contributed by atoms with Gasteiger partial charge in [0.2, 0.25) is 0 Å². The van der Waals surface area contributed by atoms with Gasteiger partial charge in [0.15, 0.2) is 0 Å². The van der Waals surface area contributed by atoms with Crippen molar-refractivity contribution in [1.82, 2.24) is 0 Å². The van der Waals surface area contributed by atoms with Crippen molar-refractivity contribution in [2.24, 2.45) is 0 Å². The molecule has 0 amide bonds. The number of hydrogen-bond acceptors (Lipinski definition) is 1. The lowest BCUT2D eigenvalue weighted by Crippen LogP contribution is -2.29. The van der Waals surface area contributed by atoms with Crippen LogP contribution >= 0.6 is 0 Å². The Kier molecular flexibility index (Phi) is 5.27. The van der Waals surface area contributed by atoms with E-state index in [0.717, 1.165) is 28.2 Å². The fourth-order valence-corrected chi connectivity index (χ4v) is 8.25. The third-order valence-electron chi connectivity index (χ3n) is 10.1. The molecule has 0 aromatic heterocycles. The second kappa shape index (κ2) is 9.54. The molecular weight excluding hydrogens is 556 g/mol. The number of ether oxygens (including phenoxy) is 1. The van der Waals surface area contributed by atoms with Crippen LogP contribution in [-0.4, -0.2) is 0 Å². The standard InChI is InChI=1S/C45H28O/c1-2-15-32(16-3-1)45(40-22-8-6-19-36(40)39-27-24-29-12-4-5-18-34(29)43(39)45)33-17-10-14-31(28-33)35-26-25-30-13-11-21-38-37-20-7-9-23-41(37)46-44(35)42(30)38/h1-28H. The lowest BCUT2D eigenvalue weighted by Gasteiger charge is -2.35. The van der Waals surface area contributed by atoms with E-state index >= 15 is 0 Å². The van der Waals surface area contributed by atoms with E-state index in [1.807, 2.05) is 0 Å². The van der Waals surface area contributed by atoms with Crippen molar-refractivity contribution < 1.29 is 4.74 Å². The average Bonchev–Trinajstić information content (AvgIpc) is 3.44. The van der Waals surface area contributed by atoms with Crippen LogP contribution in [0, 0.1) is 0 Å². The van der Waals surface area contributed by atoms with Crippen molar-refractivity contribution in [3.8, 4) is 44.9 Å². The summed E-state index contributed by atoms with van der Waals surface area (Å²) in [4.78, 5) is 0. The Hall–Kier alpha value is -5.92. The number of rotatable bonds is 3. The zero-order chi connectivity index (χ0) is 30.2. The van der Waals surface area contributed by atoms with Gasteiger partial charge in [0, 0.05) is 16.5 Å². The van der Waals surface area contributed by atoms with Crippen LogP contribution in [0.5, 0.6) is 11.5 Å². The fraction of sp³-hybridized carbons (Fsp3) is 0.0222. The summed E-state index contributed by atoms with van der Waals surface area (Å²) < 4.78 is 6.78. The highest BCUT2D eigenvalue weighted by Gasteiger charge is 2.47. The summed E-state index contributed by atoms with van der Waals surface area (Å²) in [5.74, 6) is 1.83. The monoisotopic (exact) mass is 584 g/mol. The van der Waals surface area contributed by atoms with E-state index in [4.69, 9.17) is 4.74 Å². The van der Waals surface area contributed by atoms with Gasteiger partial charge in [0.25, 0.3) is 0 Å². The smallest absolute Gasteiger partial charge is 0.143 e. The van der Waals surface area contributed by atoms with Gasteiger partial charge < -0.3 is 4.74 Å². The minimum absolute atomic E-state index is 0.503. The van der Waals surface area contributed by atoms with E-state index in [2.05, 4.69) is 170 Å². The fourth-order valence-electron chi connectivity index (χ4n) is 8.25. The summed E-state index contributed by atoms with van der Waals surface area (Å²) in [5, 5.41) is 4.90. The second-order valence-electron chi connectivity index (χ2n) is 12.4. The Morgan fingerprint density at radius 1 is 0.413 bits per heavy atom. The van der Waals surface area contributed by atoms with Crippen LogP contribution in [0.3, 0.4) is 0 Å². The zero-order valence-electron chi connectivity index (χ0n) is 25.1. The van der Waals surface area contributed by atoms with Crippen LogP contribution in [-0.2, 0) is 5.41 Å². The predicted molar refractivity (Wildman–Crippen MR) is 190 cm³/mol. The normalized spacial score (nSPS) is 15.7. The Morgan fingerprint density at radius 2 is 1.09 bits per heavy atom. The van der Waals surface area contributed by atoms with Gasteiger partial charge >= 0.3 is 0 Å². The van der Waals surface area contributed by atoms with Gasteiger partial charge in [0.1, 0.15) is 11.5 Å². The van der Waals surface area contributed by atoms with E-state index in [1.165, 1.54) is 60.5 Å². The van der Waals surface area contributed by atoms with Gasteiger partial charge in [-0.05, 0) is 78.9 Å². The minimum atomic E-state index is -0.503. The van der Waals surface area contributed by atoms with Gasteiger partial charge in [-0.1, -0.05) is 152 Å². The van der Waals surface area contributed by atoms with Crippen molar-refractivity contribution >= 4 is 21.5 Å². The molecule has 1 heterocycles. The summed E-state index contributed by atoms with van der Waals surface area (Å²) >= 11 is 0. The summed E-state index contributed by atoms with van der Waals surface area (Å²) in [6.45, 7) is 0. The number of fused-ring (bicyclic) bond motifs is 7. The van der Waals surface area contributed by atoms with Crippen LogP contribution < -0.4 is 4.74 Å². The third kappa shape index (κ3) is 3.35. The maximum absolute atomic E-state index is 6.78. The molecule has 1 aliphatic heterocycles. The Labute approximate surface area is 268 Å². The summed E-state index contributed by atoms with van der Waals surface area (Å²) in [6, 6.07) is 62.0. The largest absolute Gasteiger partial charge is 0.455 e. The SMILES string of the molecule is c1ccc(C2(c3cccc(-c4ccc5cccc6c5c4Oc4ccccc4-6)c3)c3ccccc3-c3ccc4ccccc4c32)cc1. The molecule has 214 valence electrons. The third-order valence-corrected chi connectivity index (χ3v) is 10.1. The zero-order valence-corrected chi connectivity index (χ0v) is 25.1. The topological polar surface area (TPSA) is 9.23 Å². The molecule has 46 heavy (non-hydrogen) atoms. The quantitative estimate of drug-likeness (QED) is 0.201. The van der Waals surface area contributed by atoms with Crippen LogP contribution in [0.4, 0.5) is 0 Å². The maximum atomic E-state index is 6.78. The first kappa shape index (κ1) is 25.4. The van der Waals surface area contributed by atoms with Gasteiger partial charge in [-0.3, -0.25) is 0 Å². The van der Waals surface area contributed by atoms with Crippen molar-refractivity contribution in [3.05, 3.63) is 192 Å². The molecule has 0 radical (unpaired) electrons. The highest BCUT2D eigenvalue weighted by atomic mass is 16.5. The van der Waals surface area contributed by atoms with Crippen LogP contribution in [0.25, 0.3) is 54.9 Å². The molecule has 0 saturated carbocycles. The summed E-state index contributed by atoms with van der Waals surface area (Å²) in [6.07, 6.45) is 0. The van der Waals surface area contributed by atoms with Crippen molar-refractivity contribution in [2.75, 3.05) is 0 Å². The van der Waals surface area contributed by atoms with E-state index in [0.29, 0.717) is 0 Å². The summed E-state index contributed by atoms with van der Waals surface area (Å²) in [5.41, 5.74) is 11.9. The Balaban J connectivity index is 1.29. The molecule has 2 aliphatic rings. The molecule has 8 aromatic carbocycles. The molecular formula is C45H28O. The van der Waals surface area contributed by atoms with Crippen LogP contribution in [0.2, 0.25) is 0 Å². The first-order valence-electron chi connectivity index (χ1n) is 15.9. The molecule has 0 spiro atoms. The second-order valence-corrected chi connectivity index (χ2v) is 12.4. The van der Waals surface area contributed by atoms with Gasteiger partial charge in [-0.2, -0.15) is 0 Å². The highest BCUT2D eigenvalue weighted by molar-refractivity contribution is 6.07. The van der Waals surface area contributed by atoms with E-state index in [-0.39, 0.29) is 0 Å². The minimum Gasteiger partial charge on any atom is -0.455 e. The van der Waals surface area contributed by atoms with Gasteiger partial charge in [-0.15, -0.1) is 0 Å². The van der Waals surface area contributed by atoms with E-state index in [1.54, 1.807) is 0 Å². The van der Waals surface area contributed by atoms with Crippen molar-refractivity contribution in [2.45, 2.75) is 5.41 Å². The van der Waals surface area contributed by atoms with Crippen molar-refractivity contribution in [1.29, 1.82) is 0 Å². The molecule has 1 aliphatic carbocycles. The number of benzene rings is 8. The molecule has 1 atom stereocenters. The summed E-state index contributed by atoms with van der Waals surface area (Å²) in [7, 11) is 0. The molecule has 0 bridgehead atoms. The number of hydrogen-bond donors (Lipinski definition) is 0. The predicted octanol–water partition coefficient (Wildman–Crippen LogP) is 11.8. The van der Waals surface area contributed by atoms with E-state index in [9.17, 15) is 0 Å². The van der Waals surface area contributed by atoms with E-state index < -0.39 is 5.41 Å². The molecule has 1 heteroatoms. The van der Waals surface area contributed by atoms with Crippen LogP contribution in [0.1, 0.15) is 22.3 Å². The lowest BCUT2D eigenvalue weighted by atomic mass is 9.66. The van der Waals surface area contributed by atoms with Gasteiger partial charge in [0.05, 0.1) is 5.41 Å². The Bertz CT molecular complexity index is 2510. The first-order valence-corrected chi connectivity index (χ1v) is 15.9. The molecule has 0 N–H and O–H groups in total. The molecule has 0 fully saturated rings.